The van der Waals surface area contributed by atoms with Gasteiger partial charge < -0.3 is 10.6 Å². The van der Waals surface area contributed by atoms with Crippen molar-refractivity contribution in [2.45, 2.75) is 38.4 Å². The zero-order chi connectivity index (χ0) is 15.8. The molecule has 1 saturated heterocycles. The summed E-state index contributed by atoms with van der Waals surface area (Å²) >= 11 is 0. The molecule has 0 aromatic heterocycles. The van der Waals surface area contributed by atoms with E-state index in [-0.39, 0.29) is 0 Å². The Morgan fingerprint density at radius 2 is 2.18 bits per heavy atom. The van der Waals surface area contributed by atoms with Crippen molar-refractivity contribution in [3.05, 3.63) is 48.6 Å². The molecule has 0 bridgehead atoms. The molecule has 1 fully saturated rings. The van der Waals surface area contributed by atoms with E-state index >= 15 is 0 Å². The molecule has 2 unspecified atom stereocenters. The monoisotopic (exact) mass is 300 g/mol. The van der Waals surface area contributed by atoms with Crippen LogP contribution in [-0.2, 0) is 6.54 Å². The summed E-state index contributed by atoms with van der Waals surface area (Å²) in [6, 6.07) is 11.8. The Balaban J connectivity index is 1.83. The van der Waals surface area contributed by atoms with Gasteiger partial charge in [0.25, 0.3) is 0 Å². The Kier molecular flexibility index (Phi) is 6.46. The van der Waals surface area contributed by atoms with Crippen LogP contribution < -0.4 is 10.6 Å². The van der Waals surface area contributed by atoms with Crippen molar-refractivity contribution < 1.29 is 0 Å². The largest absolute Gasteiger partial charge is 0.354 e. The van der Waals surface area contributed by atoms with E-state index in [1.165, 1.54) is 5.56 Å². The molecule has 0 aliphatic carbocycles. The van der Waals surface area contributed by atoms with E-state index in [9.17, 15) is 0 Å². The average molecular weight is 300 g/mol. The van der Waals surface area contributed by atoms with Gasteiger partial charge in [0.1, 0.15) is 0 Å². The van der Waals surface area contributed by atoms with Gasteiger partial charge >= 0.3 is 0 Å². The zero-order valence-corrected chi connectivity index (χ0v) is 13.8. The molecule has 120 valence electrons. The lowest BCUT2D eigenvalue weighted by atomic mass is 9.97. The van der Waals surface area contributed by atoms with Crippen LogP contribution in [0.2, 0.25) is 0 Å². The predicted molar refractivity (Wildman–Crippen MR) is 94.0 cm³/mol. The van der Waals surface area contributed by atoms with Gasteiger partial charge in [-0.2, -0.15) is 0 Å². The summed E-state index contributed by atoms with van der Waals surface area (Å²) in [5.74, 6) is 0.869. The van der Waals surface area contributed by atoms with Crippen LogP contribution in [-0.4, -0.2) is 43.1 Å². The molecular formula is C18H28N4. The Morgan fingerprint density at radius 3 is 2.82 bits per heavy atom. The third kappa shape index (κ3) is 4.88. The van der Waals surface area contributed by atoms with Crippen molar-refractivity contribution in [2.24, 2.45) is 4.99 Å². The van der Waals surface area contributed by atoms with E-state index in [2.05, 4.69) is 64.4 Å². The molecule has 1 aliphatic rings. The standard InChI is InChI=1S/C18H28N4/c1-4-11-20-18(19-3)21-17-10-12-22(15(2)13-17)14-16-8-6-5-7-9-16/h4-9,15,17H,1,10-14H2,2-3H3,(H2,19,20,21). The molecule has 1 aromatic rings. The highest BCUT2D eigenvalue weighted by molar-refractivity contribution is 5.80. The minimum absolute atomic E-state index is 0.484. The molecular weight excluding hydrogens is 272 g/mol. The number of rotatable bonds is 5. The molecule has 1 aliphatic heterocycles. The minimum atomic E-state index is 0.484. The number of guanidine groups is 1. The van der Waals surface area contributed by atoms with Crippen molar-refractivity contribution in [2.75, 3.05) is 20.1 Å². The summed E-state index contributed by atoms with van der Waals surface area (Å²) in [5, 5.41) is 6.76. The summed E-state index contributed by atoms with van der Waals surface area (Å²) in [6.07, 6.45) is 4.13. The summed E-state index contributed by atoms with van der Waals surface area (Å²) in [5.41, 5.74) is 1.39. The van der Waals surface area contributed by atoms with Gasteiger partial charge in [-0.15, -0.1) is 6.58 Å². The number of aliphatic imine (C=N–C) groups is 1. The summed E-state index contributed by atoms with van der Waals surface area (Å²) in [6.45, 7) is 8.94. The van der Waals surface area contributed by atoms with Crippen molar-refractivity contribution in [1.29, 1.82) is 0 Å². The Bertz CT molecular complexity index is 483. The molecule has 0 saturated carbocycles. The topological polar surface area (TPSA) is 39.7 Å². The van der Waals surface area contributed by atoms with Crippen molar-refractivity contribution in [1.82, 2.24) is 15.5 Å². The van der Waals surface area contributed by atoms with Crippen LogP contribution in [0.5, 0.6) is 0 Å². The van der Waals surface area contributed by atoms with E-state index in [0.29, 0.717) is 12.1 Å². The van der Waals surface area contributed by atoms with Gasteiger partial charge in [0.2, 0.25) is 0 Å². The first-order valence-corrected chi connectivity index (χ1v) is 8.09. The SMILES string of the molecule is C=CCNC(=NC)NC1CCN(Cc2ccccc2)C(C)C1. The second kappa shape index (κ2) is 8.59. The third-order valence-corrected chi connectivity index (χ3v) is 4.22. The van der Waals surface area contributed by atoms with E-state index in [0.717, 1.165) is 38.4 Å². The Hall–Kier alpha value is -1.81. The van der Waals surface area contributed by atoms with Crippen LogP contribution in [0.1, 0.15) is 25.3 Å². The number of benzene rings is 1. The van der Waals surface area contributed by atoms with Crippen molar-refractivity contribution in [3.8, 4) is 0 Å². The summed E-state index contributed by atoms with van der Waals surface area (Å²) in [4.78, 5) is 6.83. The molecule has 1 aromatic carbocycles. The molecule has 4 heteroatoms. The fourth-order valence-electron chi connectivity index (χ4n) is 2.96. The lowest BCUT2D eigenvalue weighted by Crippen LogP contribution is -2.51. The van der Waals surface area contributed by atoms with Gasteiger partial charge in [-0.05, 0) is 25.3 Å². The zero-order valence-electron chi connectivity index (χ0n) is 13.8. The quantitative estimate of drug-likeness (QED) is 0.498. The molecule has 2 N–H and O–H groups in total. The lowest BCUT2D eigenvalue weighted by molar-refractivity contribution is 0.134. The fourth-order valence-corrected chi connectivity index (χ4v) is 2.96. The smallest absolute Gasteiger partial charge is 0.191 e. The van der Waals surface area contributed by atoms with Crippen LogP contribution in [0.15, 0.2) is 48.0 Å². The van der Waals surface area contributed by atoms with E-state index in [4.69, 9.17) is 0 Å². The second-order valence-corrected chi connectivity index (χ2v) is 5.91. The number of hydrogen-bond acceptors (Lipinski definition) is 2. The van der Waals surface area contributed by atoms with Crippen LogP contribution in [0.3, 0.4) is 0 Å². The highest BCUT2D eigenvalue weighted by Crippen LogP contribution is 2.19. The lowest BCUT2D eigenvalue weighted by Gasteiger charge is -2.38. The molecule has 2 atom stereocenters. The van der Waals surface area contributed by atoms with Crippen LogP contribution in [0.4, 0.5) is 0 Å². The minimum Gasteiger partial charge on any atom is -0.354 e. The van der Waals surface area contributed by atoms with Crippen LogP contribution >= 0.6 is 0 Å². The molecule has 0 amide bonds. The molecule has 0 radical (unpaired) electrons. The van der Waals surface area contributed by atoms with Crippen LogP contribution in [0, 0.1) is 0 Å². The van der Waals surface area contributed by atoms with Gasteiger partial charge in [-0.25, -0.2) is 0 Å². The normalized spacial score (nSPS) is 23.1. The Labute approximate surface area is 134 Å². The first-order valence-electron chi connectivity index (χ1n) is 8.09. The number of likely N-dealkylation sites (tertiary alicyclic amines) is 1. The molecule has 1 heterocycles. The predicted octanol–water partition coefficient (Wildman–Crippen LogP) is 2.39. The highest BCUT2D eigenvalue weighted by Gasteiger charge is 2.25. The first kappa shape index (κ1) is 16.6. The highest BCUT2D eigenvalue weighted by atomic mass is 15.2. The molecule has 0 spiro atoms. The maximum absolute atomic E-state index is 4.26. The van der Waals surface area contributed by atoms with Crippen molar-refractivity contribution >= 4 is 5.96 Å². The van der Waals surface area contributed by atoms with E-state index < -0.39 is 0 Å². The molecule has 4 nitrogen and oxygen atoms in total. The maximum atomic E-state index is 4.26. The Morgan fingerprint density at radius 1 is 1.41 bits per heavy atom. The van der Waals surface area contributed by atoms with Crippen molar-refractivity contribution in [3.63, 3.8) is 0 Å². The first-order chi connectivity index (χ1) is 10.7. The average Bonchev–Trinajstić information content (AvgIpc) is 2.55. The van der Waals surface area contributed by atoms with Gasteiger partial charge in [0.05, 0.1) is 0 Å². The summed E-state index contributed by atoms with van der Waals surface area (Å²) in [7, 11) is 1.81. The number of nitrogens with zero attached hydrogens (tertiary/aromatic N) is 2. The third-order valence-electron chi connectivity index (χ3n) is 4.22. The fraction of sp³-hybridized carbons (Fsp3) is 0.500. The van der Waals surface area contributed by atoms with Gasteiger partial charge in [0.15, 0.2) is 5.96 Å². The van der Waals surface area contributed by atoms with E-state index in [1.54, 1.807) is 0 Å². The number of hydrogen-bond donors (Lipinski definition) is 2. The second-order valence-electron chi connectivity index (χ2n) is 5.91. The summed E-state index contributed by atoms with van der Waals surface area (Å²) < 4.78 is 0. The van der Waals surface area contributed by atoms with E-state index in [1.807, 2.05) is 13.1 Å². The maximum Gasteiger partial charge on any atom is 0.191 e. The number of nitrogens with one attached hydrogen (secondary N) is 2. The number of piperidine rings is 1. The van der Waals surface area contributed by atoms with Gasteiger partial charge in [-0.3, -0.25) is 9.89 Å². The van der Waals surface area contributed by atoms with Crippen LogP contribution in [0.25, 0.3) is 0 Å². The molecule has 2 rings (SSSR count). The molecule has 22 heavy (non-hydrogen) atoms. The van der Waals surface area contributed by atoms with Gasteiger partial charge in [0, 0.05) is 38.8 Å². The van der Waals surface area contributed by atoms with Gasteiger partial charge in [-0.1, -0.05) is 36.4 Å².